The van der Waals surface area contributed by atoms with E-state index in [2.05, 4.69) is 46.6 Å². The molecule has 1 heterocycles. The molecule has 0 aliphatic carbocycles. The van der Waals surface area contributed by atoms with Crippen molar-refractivity contribution in [3.05, 3.63) is 82.3 Å². The molecule has 0 bridgehead atoms. The maximum atomic E-state index is 12.6. The van der Waals surface area contributed by atoms with Gasteiger partial charge in [-0.25, -0.2) is 9.97 Å². The van der Waals surface area contributed by atoms with E-state index in [1.54, 1.807) is 13.0 Å². The van der Waals surface area contributed by atoms with E-state index in [0.29, 0.717) is 23.9 Å². The molecule has 1 aromatic heterocycles. The maximum absolute atomic E-state index is 12.6. The monoisotopic (exact) mass is 360 g/mol. The van der Waals surface area contributed by atoms with Gasteiger partial charge < -0.3 is 10.6 Å². The van der Waals surface area contributed by atoms with Gasteiger partial charge >= 0.3 is 0 Å². The topological polar surface area (TPSA) is 66.9 Å². The van der Waals surface area contributed by atoms with Crippen LogP contribution in [0.2, 0.25) is 0 Å². The third-order valence-electron chi connectivity index (χ3n) is 4.47. The highest BCUT2D eigenvalue weighted by Gasteiger charge is 2.11. The number of anilines is 2. The molecule has 5 heteroatoms. The van der Waals surface area contributed by atoms with Crippen molar-refractivity contribution in [1.82, 2.24) is 15.3 Å². The summed E-state index contributed by atoms with van der Waals surface area (Å²) in [5.41, 5.74) is 5.89. The van der Waals surface area contributed by atoms with Gasteiger partial charge in [0.2, 0.25) is 0 Å². The van der Waals surface area contributed by atoms with E-state index >= 15 is 0 Å². The minimum atomic E-state index is -0.217. The highest BCUT2D eigenvalue weighted by molar-refractivity contribution is 5.93. The number of hydrogen-bond donors (Lipinski definition) is 2. The lowest BCUT2D eigenvalue weighted by Crippen LogP contribution is -2.24. The first-order chi connectivity index (χ1) is 12.9. The molecule has 0 unspecified atom stereocenters. The number of carbonyl (C=O) groups excluding carboxylic acids is 1. The zero-order valence-electron chi connectivity index (χ0n) is 16.1. The lowest BCUT2D eigenvalue weighted by atomic mass is 10.1. The average Bonchev–Trinajstić information content (AvgIpc) is 2.63. The summed E-state index contributed by atoms with van der Waals surface area (Å²) in [6, 6.07) is 15.8. The largest absolute Gasteiger partial charge is 0.347 e. The molecule has 0 aliphatic rings. The van der Waals surface area contributed by atoms with Crippen molar-refractivity contribution in [2.75, 3.05) is 5.32 Å². The van der Waals surface area contributed by atoms with E-state index in [-0.39, 0.29) is 5.91 Å². The number of aromatic nitrogens is 2. The molecular weight excluding hydrogens is 336 g/mol. The quantitative estimate of drug-likeness (QED) is 0.708. The lowest BCUT2D eigenvalue weighted by Gasteiger charge is -2.12. The maximum Gasteiger partial charge on any atom is 0.270 e. The molecule has 3 aromatic rings. The van der Waals surface area contributed by atoms with E-state index in [1.165, 1.54) is 11.1 Å². The van der Waals surface area contributed by atoms with Crippen LogP contribution >= 0.6 is 0 Å². The fourth-order valence-electron chi connectivity index (χ4n) is 2.87. The van der Waals surface area contributed by atoms with Crippen LogP contribution < -0.4 is 10.6 Å². The molecule has 0 atom stereocenters. The number of amides is 1. The minimum absolute atomic E-state index is 0.217. The number of carbonyl (C=O) groups is 1. The Labute approximate surface area is 159 Å². The van der Waals surface area contributed by atoms with Crippen molar-refractivity contribution < 1.29 is 4.79 Å². The second kappa shape index (κ2) is 7.99. The Balaban J connectivity index is 1.76. The summed E-state index contributed by atoms with van der Waals surface area (Å²) in [7, 11) is 0. The van der Waals surface area contributed by atoms with Crippen LogP contribution in [0.15, 0.2) is 48.5 Å². The van der Waals surface area contributed by atoms with E-state index < -0.39 is 0 Å². The van der Waals surface area contributed by atoms with Gasteiger partial charge in [-0.3, -0.25) is 4.79 Å². The van der Waals surface area contributed by atoms with Crippen molar-refractivity contribution in [1.29, 1.82) is 0 Å². The zero-order valence-corrected chi connectivity index (χ0v) is 16.1. The first-order valence-corrected chi connectivity index (χ1v) is 8.95. The van der Waals surface area contributed by atoms with Gasteiger partial charge in [-0.1, -0.05) is 42.0 Å². The highest BCUT2D eigenvalue weighted by Crippen LogP contribution is 2.22. The predicted molar refractivity (Wildman–Crippen MR) is 108 cm³/mol. The van der Waals surface area contributed by atoms with Crippen molar-refractivity contribution in [3.63, 3.8) is 0 Å². The summed E-state index contributed by atoms with van der Waals surface area (Å²) in [6.45, 7) is 8.40. The summed E-state index contributed by atoms with van der Waals surface area (Å²) in [5.74, 6) is 0.939. The molecular formula is C22H24N4O. The van der Waals surface area contributed by atoms with Crippen molar-refractivity contribution in [3.8, 4) is 0 Å². The Morgan fingerprint density at radius 1 is 0.963 bits per heavy atom. The first-order valence-electron chi connectivity index (χ1n) is 8.95. The third kappa shape index (κ3) is 4.70. The van der Waals surface area contributed by atoms with Crippen molar-refractivity contribution in [2.24, 2.45) is 0 Å². The molecule has 0 saturated carbocycles. The van der Waals surface area contributed by atoms with Crippen LogP contribution in [0.3, 0.4) is 0 Å². The van der Waals surface area contributed by atoms with E-state index in [9.17, 15) is 4.79 Å². The molecule has 0 spiro atoms. The summed E-state index contributed by atoms with van der Waals surface area (Å²) < 4.78 is 0. The normalized spacial score (nSPS) is 10.5. The van der Waals surface area contributed by atoms with E-state index in [0.717, 1.165) is 16.8 Å². The van der Waals surface area contributed by atoms with Crippen LogP contribution in [-0.4, -0.2) is 15.9 Å². The second-order valence-electron chi connectivity index (χ2n) is 6.73. The molecule has 27 heavy (non-hydrogen) atoms. The van der Waals surface area contributed by atoms with Crippen LogP contribution in [0.1, 0.15) is 38.6 Å². The standard InChI is InChI=1S/C22H24N4O/c1-14-7-5-9-18(11-14)13-23-22(27)20-12-21(25-17(4)24-20)26-19-10-6-8-15(2)16(19)3/h5-12H,13H2,1-4H3,(H,23,27)(H,24,25,26). The summed E-state index contributed by atoms with van der Waals surface area (Å²) >= 11 is 0. The Kier molecular flexibility index (Phi) is 5.50. The Bertz CT molecular complexity index is 982. The van der Waals surface area contributed by atoms with Gasteiger partial charge in [0.1, 0.15) is 17.3 Å². The SMILES string of the molecule is Cc1cccc(CNC(=O)c2cc(Nc3cccc(C)c3C)nc(C)n2)c1. The van der Waals surface area contributed by atoms with Gasteiger partial charge in [0.15, 0.2) is 0 Å². The number of aryl methyl sites for hydroxylation is 3. The van der Waals surface area contributed by atoms with Gasteiger partial charge in [0.25, 0.3) is 5.91 Å². The number of rotatable bonds is 5. The molecule has 0 saturated heterocycles. The fraction of sp³-hybridized carbons (Fsp3) is 0.227. The summed E-state index contributed by atoms with van der Waals surface area (Å²) in [6.07, 6.45) is 0. The molecule has 138 valence electrons. The number of nitrogens with zero attached hydrogens (tertiary/aromatic N) is 2. The lowest BCUT2D eigenvalue weighted by molar-refractivity contribution is 0.0945. The zero-order chi connectivity index (χ0) is 19.4. The molecule has 0 aliphatic heterocycles. The highest BCUT2D eigenvalue weighted by atomic mass is 16.1. The Morgan fingerprint density at radius 3 is 2.52 bits per heavy atom. The number of hydrogen-bond acceptors (Lipinski definition) is 4. The Hall–Kier alpha value is -3.21. The summed E-state index contributed by atoms with van der Waals surface area (Å²) in [5, 5.41) is 6.22. The Morgan fingerprint density at radius 2 is 1.74 bits per heavy atom. The van der Waals surface area contributed by atoms with Crippen LogP contribution in [0.5, 0.6) is 0 Å². The molecule has 0 fully saturated rings. The van der Waals surface area contributed by atoms with Crippen LogP contribution in [0.25, 0.3) is 0 Å². The first kappa shape index (κ1) is 18.6. The molecule has 2 N–H and O–H groups in total. The smallest absolute Gasteiger partial charge is 0.270 e. The van der Waals surface area contributed by atoms with Gasteiger partial charge in [0, 0.05) is 18.3 Å². The third-order valence-corrected chi connectivity index (χ3v) is 4.47. The van der Waals surface area contributed by atoms with E-state index in [4.69, 9.17) is 0 Å². The number of nitrogens with one attached hydrogen (secondary N) is 2. The minimum Gasteiger partial charge on any atom is -0.347 e. The molecule has 3 rings (SSSR count). The molecule has 2 aromatic carbocycles. The van der Waals surface area contributed by atoms with Gasteiger partial charge in [-0.2, -0.15) is 0 Å². The van der Waals surface area contributed by atoms with Gasteiger partial charge in [0.05, 0.1) is 0 Å². The second-order valence-corrected chi connectivity index (χ2v) is 6.73. The van der Waals surface area contributed by atoms with Crippen LogP contribution in [0.4, 0.5) is 11.5 Å². The number of benzene rings is 2. The average molecular weight is 360 g/mol. The molecule has 1 amide bonds. The van der Waals surface area contributed by atoms with Gasteiger partial charge in [-0.15, -0.1) is 0 Å². The van der Waals surface area contributed by atoms with Crippen molar-refractivity contribution in [2.45, 2.75) is 34.2 Å². The van der Waals surface area contributed by atoms with Crippen LogP contribution in [0, 0.1) is 27.7 Å². The molecule has 5 nitrogen and oxygen atoms in total. The van der Waals surface area contributed by atoms with Crippen molar-refractivity contribution >= 4 is 17.4 Å². The van der Waals surface area contributed by atoms with E-state index in [1.807, 2.05) is 37.3 Å². The fourth-order valence-corrected chi connectivity index (χ4v) is 2.87. The van der Waals surface area contributed by atoms with Gasteiger partial charge in [-0.05, 0) is 50.5 Å². The van der Waals surface area contributed by atoms with Crippen LogP contribution in [-0.2, 0) is 6.54 Å². The predicted octanol–water partition coefficient (Wildman–Crippen LogP) is 4.38. The summed E-state index contributed by atoms with van der Waals surface area (Å²) in [4.78, 5) is 21.2. The molecule has 0 radical (unpaired) electrons.